The second-order valence-electron chi connectivity index (χ2n) is 11.4. The highest BCUT2D eigenvalue weighted by Gasteiger charge is 2.27. The zero-order valence-electron chi connectivity index (χ0n) is 23.8. The molecule has 0 N–H and O–H groups in total. The van der Waals surface area contributed by atoms with Crippen molar-refractivity contribution in [2.45, 2.75) is 65.3 Å². The van der Waals surface area contributed by atoms with Crippen molar-refractivity contribution in [3.05, 3.63) is 106 Å². The van der Waals surface area contributed by atoms with Crippen molar-refractivity contribution < 1.29 is 14.3 Å². The van der Waals surface area contributed by atoms with Gasteiger partial charge >= 0.3 is 5.97 Å². The van der Waals surface area contributed by atoms with Crippen LogP contribution in [0.5, 0.6) is 0 Å². The smallest absolute Gasteiger partial charge is 0.337 e. The van der Waals surface area contributed by atoms with Gasteiger partial charge in [-0.25, -0.2) is 4.79 Å². The van der Waals surface area contributed by atoms with Gasteiger partial charge in [0.05, 0.1) is 24.4 Å². The lowest BCUT2D eigenvalue weighted by Gasteiger charge is -2.23. The van der Waals surface area contributed by atoms with E-state index in [1.54, 1.807) is 12.1 Å². The van der Waals surface area contributed by atoms with E-state index in [4.69, 9.17) is 16.3 Å². The lowest BCUT2D eigenvalue weighted by Crippen LogP contribution is -2.22. The van der Waals surface area contributed by atoms with E-state index in [9.17, 15) is 9.59 Å². The van der Waals surface area contributed by atoms with E-state index in [2.05, 4.69) is 63.5 Å². The van der Waals surface area contributed by atoms with Crippen LogP contribution in [0.3, 0.4) is 0 Å². The van der Waals surface area contributed by atoms with Gasteiger partial charge in [-0.2, -0.15) is 0 Å². The number of halogens is 1. The minimum atomic E-state index is -0.365. The Labute approximate surface area is 236 Å². The highest BCUT2D eigenvalue weighted by atomic mass is 35.5. The van der Waals surface area contributed by atoms with E-state index in [0.717, 1.165) is 34.9 Å². The number of hydrogen-bond acceptors (Lipinski definition) is 3. The predicted molar refractivity (Wildman–Crippen MR) is 160 cm³/mol. The van der Waals surface area contributed by atoms with Crippen LogP contribution in [0.4, 0.5) is 0 Å². The van der Waals surface area contributed by atoms with Crippen molar-refractivity contribution in [2.75, 3.05) is 7.11 Å². The van der Waals surface area contributed by atoms with Crippen molar-refractivity contribution in [3.63, 3.8) is 0 Å². The van der Waals surface area contributed by atoms with Gasteiger partial charge in [-0.1, -0.05) is 82.1 Å². The lowest BCUT2D eigenvalue weighted by atomic mass is 9.86. The molecule has 0 aliphatic heterocycles. The number of carbonyl (C=O) groups is 2. The quantitative estimate of drug-likeness (QED) is 0.156. The third kappa shape index (κ3) is 6.28. The number of nitrogens with zero attached hydrogens (tertiary/aromatic N) is 1. The summed E-state index contributed by atoms with van der Waals surface area (Å²) >= 11 is 6.35. The number of methoxy groups -OCH3 is 1. The summed E-state index contributed by atoms with van der Waals surface area (Å²) in [4.78, 5) is 26.1. The number of fused-ring (bicyclic) bond motifs is 1. The van der Waals surface area contributed by atoms with E-state index < -0.39 is 0 Å². The fourth-order valence-corrected chi connectivity index (χ4v) is 5.47. The molecule has 0 unspecified atom stereocenters. The highest BCUT2D eigenvalue weighted by molar-refractivity contribution is 6.31. The first-order valence-corrected chi connectivity index (χ1v) is 14.0. The number of benzene rings is 3. The van der Waals surface area contributed by atoms with Gasteiger partial charge in [0.25, 0.3) is 0 Å². The van der Waals surface area contributed by atoms with Crippen LogP contribution in [0, 0.1) is 5.92 Å². The molecular weight excluding hydrogens is 506 g/mol. The number of hydrogen-bond donors (Lipinski definition) is 0. The Bertz CT molecular complexity index is 1460. The molecule has 39 heavy (non-hydrogen) atoms. The minimum Gasteiger partial charge on any atom is -0.465 e. The molecule has 1 aromatic heterocycles. The zero-order chi connectivity index (χ0) is 28.3. The second kappa shape index (κ2) is 11.8. The van der Waals surface area contributed by atoms with Gasteiger partial charge in [0.1, 0.15) is 0 Å². The summed E-state index contributed by atoms with van der Waals surface area (Å²) in [6.07, 6.45) is 2.27. The molecule has 0 radical (unpaired) electrons. The normalized spacial score (nSPS) is 13.3. The number of ether oxygens (including phenoxy) is 1. The van der Waals surface area contributed by atoms with E-state index in [1.165, 1.54) is 12.7 Å². The number of carbonyl (C=O) groups excluding carboxylic acids is 2. The molecular formula is C34H38ClNO3. The molecule has 1 heterocycles. The number of Topliss-reactive ketones (excluding diaryl/α,β-unsaturated/α-hetero) is 1. The zero-order valence-corrected chi connectivity index (χ0v) is 24.5. The van der Waals surface area contributed by atoms with E-state index in [0.29, 0.717) is 22.7 Å². The van der Waals surface area contributed by atoms with Crippen LogP contribution in [0.15, 0.2) is 72.8 Å². The first kappa shape index (κ1) is 28.6. The summed E-state index contributed by atoms with van der Waals surface area (Å²) in [6.45, 7) is 10.9. The Morgan fingerprint density at radius 1 is 0.949 bits per heavy atom. The average molecular weight is 544 g/mol. The Kier molecular flexibility index (Phi) is 8.66. The fourth-order valence-electron chi connectivity index (χ4n) is 5.29. The Hall–Kier alpha value is -3.37. The maximum absolute atomic E-state index is 14.2. The summed E-state index contributed by atoms with van der Waals surface area (Å²) < 4.78 is 6.99. The summed E-state index contributed by atoms with van der Waals surface area (Å²) in [5.74, 6) is -0.428. The topological polar surface area (TPSA) is 48.3 Å². The van der Waals surface area contributed by atoms with Crippen LogP contribution < -0.4 is 0 Å². The van der Waals surface area contributed by atoms with Crippen LogP contribution in [0.1, 0.15) is 91.0 Å². The van der Waals surface area contributed by atoms with Gasteiger partial charge in [-0.3, -0.25) is 4.79 Å². The third-order valence-corrected chi connectivity index (χ3v) is 7.80. The summed E-state index contributed by atoms with van der Waals surface area (Å²) in [6, 6.07) is 23.8. The molecule has 0 bridgehead atoms. The maximum Gasteiger partial charge on any atom is 0.337 e. The molecule has 0 saturated heterocycles. The van der Waals surface area contributed by atoms with Gasteiger partial charge in [0.2, 0.25) is 0 Å². The Balaban J connectivity index is 1.73. The number of rotatable bonds is 9. The molecule has 0 saturated carbocycles. The molecule has 4 aromatic rings. The van der Waals surface area contributed by atoms with Crippen molar-refractivity contribution >= 4 is 34.3 Å². The third-order valence-electron chi connectivity index (χ3n) is 7.56. The molecule has 0 aliphatic carbocycles. The van der Waals surface area contributed by atoms with Crippen molar-refractivity contribution in [3.8, 4) is 0 Å². The largest absolute Gasteiger partial charge is 0.465 e. The van der Waals surface area contributed by atoms with Crippen LogP contribution in [-0.2, 0) is 16.6 Å². The second-order valence-corrected chi connectivity index (χ2v) is 11.8. The molecule has 5 heteroatoms. The van der Waals surface area contributed by atoms with Gasteiger partial charge in [0, 0.05) is 21.8 Å². The monoisotopic (exact) mass is 543 g/mol. The van der Waals surface area contributed by atoms with Crippen LogP contribution >= 0.6 is 11.6 Å². The Morgan fingerprint density at radius 2 is 1.62 bits per heavy atom. The first-order valence-electron chi connectivity index (χ1n) is 13.7. The minimum absolute atomic E-state index is 0.0433. The van der Waals surface area contributed by atoms with Gasteiger partial charge in [-0.05, 0) is 78.3 Å². The molecule has 204 valence electrons. The summed E-state index contributed by atoms with van der Waals surface area (Å²) in [7, 11) is 1.37. The predicted octanol–water partition coefficient (Wildman–Crippen LogP) is 8.83. The van der Waals surface area contributed by atoms with E-state index in [-0.39, 0.29) is 29.1 Å². The lowest BCUT2D eigenvalue weighted by molar-refractivity contribution is 0.0600. The molecule has 0 amide bonds. The van der Waals surface area contributed by atoms with Crippen LogP contribution in [0.25, 0.3) is 10.9 Å². The van der Waals surface area contributed by atoms with Crippen molar-refractivity contribution in [2.24, 2.45) is 5.92 Å². The van der Waals surface area contributed by atoms with Crippen LogP contribution in [0.2, 0.25) is 5.02 Å². The van der Waals surface area contributed by atoms with Crippen molar-refractivity contribution in [1.29, 1.82) is 0 Å². The summed E-state index contributed by atoms with van der Waals surface area (Å²) in [5, 5.41) is 1.61. The van der Waals surface area contributed by atoms with E-state index >= 15 is 0 Å². The molecule has 2 atom stereocenters. The number of esters is 1. The molecule has 0 aliphatic rings. The number of ketones is 1. The SMILES string of the molecule is CCC[C@@H](Cc1ccc(C(=O)OC)cc1)C(=O)c1cc2cc(Cl)ccc2n1[C@H](C)c1ccc(C(C)(C)C)cc1. The molecule has 0 fully saturated rings. The van der Waals surface area contributed by atoms with Gasteiger partial charge < -0.3 is 9.30 Å². The highest BCUT2D eigenvalue weighted by Crippen LogP contribution is 2.33. The van der Waals surface area contributed by atoms with Crippen LogP contribution in [-0.4, -0.2) is 23.4 Å². The number of aromatic nitrogens is 1. The van der Waals surface area contributed by atoms with Crippen molar-refractivity contribution in [1.82, 2.24) is 4.57 Å². The van der Waals surface area contributed by atoms with Gasteiger partial charge in [0.15, 0.2) is 5.78 Å². The maximum atomic E-state index is 14.2. The summed E-state index contributed by atoms with van der Waals surface area (Å²) in [5.41, 5.74) is 5.71. The van der Waals surface area contributed by atoms with Gasteiger partial charge in [-0.15, -0.1) is 0 Å². The fraction of sp³-hybridized carbons (Fsp3) is 0.353. The molecule has 4 nitrogen and oxygen atoms in total. The average Bonchev–Trinajstić information content (AvgIpc) is 3.30. The first-order chi connectivity index (χ1) is 18.5. The molecule has 0 spiro atoms. The molecule has 3 aromatic carbocycles. The molecule has 4 rings (SSSR count). The standard InChI is InChI=1S/C34H38ClNO3/c1-7-8-26(19-23-9-11-25(12-10-23)33(38)39-6)32(37)31-21-27-20-29(35)17-18-30(27)36(31)22(2)24-13-15-28(16-14-24)34(3,4)5/h9-18,20-22,26H,7-8,19H2,1-6H3/t22-,26+/m1/s1. The van der Waals surface area contributed by atoms with E-state index in [1.807, 2.05) is 36.4 Å². The Morgan fingerprint density at radius 3 is 2.21 bits per heavy atom.